The van der Waals surface area contributed by atoms with Crippen LogP contribution < -0.4 is 5.32 Å². The van der Waals surface area contributed by atoms with Crippen molar-refractivity contribution in [1.29, 1.82) is 0 Å². The summed E-state index contributed by atoms with van der Waals surface area (Å²) >= 11 is 1.48. The topological polar surface area (TPSA) is 45.2 Å². The van der Waals surface area contributed by atoms with Crippen LogP contribution >= 0.6 is 23.7 Å². The van der Waals surface area contributed by atoms with E-state index < -0.39 is 0 Å². The molecular formula is C15H18ClN3OS. The second kappa shape index (κ2) is 5.91. The summed E-state index contributed by atoms with van der Waals surface area (Å²) in [4.78, 5) is 19.3. The van der Waals surface area contributed by atoms with E-state index in [0.717, 1.165) is 16.8 Å². The van der Waals surface area contributed by atoms with Crippen LogP contribution in [0.1, 0.15) is 22.6 Å². The van der Waals surface area contributed by atoms with Crippen LogP contribution in [0.15, 0.2) is 24.3 Å². The number of benzene rings is 1. The van der Waals surface area contributed by atoms with Crippen molar-refractivity contribution in [3.05, 3.63) is 29.3 Å². The molecule has 2 bridgehead atoms. The molecule has 3 fully saturated rings. The average Bonchev–Trinajstić information content (AvgIpc) is 2.92. The normalized spacial score (nSPS) is 27.3. The molecule has 21 heavy (non-hydrogen) atoms. The summed E-state index contributed by atoms with van der Waals surface area (Å²) in [5, 5.41) is 3.78. The van der Waals surface area contributed by atoms with E-state index >= 15 is 0 Å². The van der Waals surface area contributed by atoms with Gasteiger partial charge in [-0.1, -0.05) is 12.1 Å². The smallest absolute Gasteiger partial charge is 0.280 e. The van der Waals surface area contributed by atoms with Crippen LogP contribution in [0.5, 0.6) is 0 Å². The minimum absolute atomic E-state index is 0. The van der Waals surface area contributed by atoms with Crippen molar-refractivity contribution in [2.24, 2.45) is 5.92 Å². The van der Waals surface area contributed by atoms with E-state index in [1.54, 1.807) is 0 Å². The molecule has 5 rings (SSSR count). The predicted octanol–water partition coefficient (Wildman–Crippen LogP) is 2.54. The third kappa shape index (κ3) is 2.78. The first kappa shape index (κ1) is 14.8. The first-order chi connectivity index (χ1) is 9.79. The van der Waals surface area contributed by atoms with E-state index in [-0.39, 0.29) is 18.3 Å². The molecule has 112 valence electrons. The molecule has 3 aliphatic heterocycles. The molecule has 6 heteroatoms. The van der Waals surface area contributed by atoms with E-state index in [9.17, 15) is 4.79 Å². The number of aromatic nitrogens is 1. The molecule has 1 atom stereocenters. The van der Waals surface area contributed by atoms with E-state index in [1.807, 2.05) is 24.3 Å². The van der Waals surface area contributed by atoms with Gasteiger partial charge in [-0.2, -0.15) is 0 Å². The first-order valence-electron chi connectivity index (χ1n) is 7.18. The number of amides is 1. The van der Waals surface area contributed by atoms with Gasteiger partial charge in [-0.15, -0.1) is 23.7 Å². The summed E-state index contributed by atoms with van der Waals surface area (Å²) in [7, 11) is 0. The lowest BCUT2D eigenvalue weighted by Crippen LogP contribution is -2.57. The molecule has 4 nitrogen and oxygen atoms in total. The van der Waals surface area contributed by atoms with Gasteiger partial charge in [-0.3, -0.25) is 4.79 Å². The molecule has 0 spiro atoms. The van der Waals surface area contributed by atoms with Crippen molar-refractivity contribution in [2.45, 2.75) is 18.9 Å². The van der Waals surface area contributed by atoms with Crippen molar-refractivity contribution >= 4 is 39.9 Å². The Labute approximate surface area is 134 Å². The van der Waals surface area contributed by atoms with Crippen LogP contribution in [0.3, 0.4) is 0 Å². The highest BCUT2D eigenvalue weighted by Crippen LogP contribution is 2.28. The van der Waals surface area contributed by atoms with Gasteiger partial charge in [0.15, 0.2) is 5.01 Å². The Morgan fingerprint density at radius 1 is 1.29 bits per heavy atom. The maximum Gasteiger partial charge on any atom is 0.280 e. The van der Waals surface area contributed by atoms with Gasteiger partial charge in [0.05, 0.1) is 10.2 Å². The van der Waals surface area contributed by atoms with Gasteiger partial charge in [0.2, 0.25) is 0 Å². The molecule has 1 aromatic heterocycles. The number of halogens is 1. The summed E-state index contributed by atoms with van der Waals surface area (Å²) in [5.74, 6) is 0.642. The number of fused-ring (bicyclic) bond motifs is 4. The molecule has 0 unspecified atom stereocenters. The molecule has 0 saturated carbocycles. The molecule has 0 radical (unpaired) electrons. The average molecular weight is 324 g/mol. The van der Waals surface area contributed by atoms with Crippen LogP contribution in [-0.2, 0) is 0 Å². The molecular weight excluding hydrogens is 306 g/mol. The molecule has 2 aromatic rings. The number of para-hydroxylation sites is 1. The fourth-order valence-corrected chi connectivity index (χ4v) is 4.20. The molecule has 1 N–H and O–H groups in total. The standard InChI is InChI=1S/C15H17N3OS.ClH/c19-14(15-17-11-3-1-2-4-13(11)20-15)16-12-9-18-7-5-10(12)6-8-18;/h1-4,10,12H,5-9H2,(H,16,19);1H/t12-;/m0./s1. The fraction of sp³-hybridized carbons (Fsp3) is 0.467. The van der Waals surface area contributed by atoms with Crippen LogP contribution in [0.2, 0.25) is 0 Å². The minimum atomic E-state index is -0.00931. The van der Waals surface area contributed by atoms with Crippen LogP contribution in [0.25, 0.3) is 10.2 Å². The van der Waals surface area contributed by atoms with E-state index in [4.69, 9.17) is 0 Å². The number of carbonyl (C=O) groups is 1. The Morgan fingerprint density at radius 2 is 2.05 bits per heavy atom. The van der Waals surface area contributed by atoms with Crippen molar-refractivity contribution in [1.82, 2.24) is 15.2 Å². The lowest BCUT2D eigenvalue weighted by molar-refractivity contribution is 0.0620. The lowest BCUT2D eigenvalue weighted by atomic mass is 9.84. The monoisotopic (exact) mass is 323 g/mol. The number of nitrogens with one attached hydrogen (secondary N) is 1. The van der Waals surface area contributed by atoms with Gasteiger partial charge >= 0.3 is 0 Å². The summed E-state index contributed by atoms with van der Waals surface area (Å²) in [6, 6.07) is 8.21. The zero-order valence-electron chi connectivity index (χ0n) is 11.6. The molecule has 3 aliphatic rings. The number of nitrogens with zero attached hydrogens (tertiary/aromatic N) is 2. The summed E-state index contributed by atoms with van der Waals surface area (Å²) in [6.45, 7) is 3.39. The molecule has 3 saturated heterocycles. The highest BCUT2D eigenvalue weighted by molar-refractivity contribution is 7.20. The van der Waals surface area contributed by atoms with E-state index in [1.165, 1.54) is 37.3 Å². The first-order valence-corrected chi connectivity index (χ1v) is 8.00. The van der Waals surface area contributed by atoms with Gasteiger partial charge in [-0.05, 0) is 44.0 Å². The Morgan fingerprint density at radius 3 is 2.71 bits per heavy atom. The summed E-state index contributed by atoms with van der Waals surface area (Å²) in [5.41, 5.74) is 0.913. The van der Waals surface area contributed by atoms with Gasteiger partial charge in [-0.25, -0.2) is 4.98 Å². The number of rotatable bonds is 2. The predicted molar refractivity (Wildman–Crippen MR) is 87.3 cm³/mol. The van der Waals surface area contributed by atoms with Crippen LogP contribution in [0, 0.1) is 5.92 Å². The summed E-state index contributed by atoms with van der Waals surface area (Å²) < 4.78 is 1.08. The van der Waals surface area contributed by atoms with Gasteiger partial charge in [0.1, 0.15) is 0 Å². The fourth-order valence-electron chi connectivity index (χ4n) is 3.33. The van der Waals surface area contributed by atoms with Crippen molar-refractivity contribution < 1.29 is 4.79 Å². The number of hydrogen-bond donors (Lipinski definition) is 1. The number of carbonyl (C=O) groups excluding carboxylic acids is 1. The number of hydrogen-bond acceptors (Lipinski definition) is 4. The van der Waals surface area contributed by atoms with Gasteiger partial charge < -0.3 is 10.2 Å². The highest BCUT2D eigenvalue weighted by Gasteiger charge is 2.35. The van der Waals surface area contributed by atoms with Crippen molar-refractivity contribution in [3.63, 3.8) is 0 Å². The summed E-state index contributed by atoms with van der Waals surface area (Å²) in [6.07, 6.45) is 2.43. The maximum atomic E-state index is 12.4. The highest BCUT2D eigenvalue weighted by atomic mass is 35.5. The SMILES string of the molecule is Cl.O=C(N[C@H]1CN2CCC1CC2)c1nc2ccccc2s1. The Hall–Kier alpha value is -1.17. The van der Waals surface area contributed by atoms with Gasteiger partial charge in [0.25, 0.3) is 5.91 Å². The molecule has 4 heterocycles. The third-order valence-electron chi connectivity index (χ3n) is 4.46. The largest absolute Gasteiger partial charge is 0.346 e. The molecule has 0 aliphatic carbocycles. The molecule has 1 aromatic carbocycles. The van der Waals surface area contributed by atoms with Crippen molar-refractivity contribution in [3.8, 4) is 0 Å². The maximum absolute atomic E-state index is 12.4. The lowest BCUT2D eigenvalue weighted by Gasteiger charge is -2.44. The second-order valence-corrected chi connectivity index (χ2v) is 6.74. The Bertz CT molecular complexity index is 618. The zero-order valence-corrected chi connectivity index (χ0v) is 13.3. The minimum Gasteiger partial charge on any atom is -0.346 e. The van der Waals surface area contributed by atoms with E-state index in [0.29, 0.717) is 17.0 Å². The Kier molecular flexibility index (Phi) is 4.15. The van der Waals surface area contributed by atoms with Crippen LogP contribution in [-0.4, -0.2) is 41.5 Å². The zero-order chi connectivity index (χ0) is 13.5. The Balaban J connectivity index is 0.00000132. The third-order valence-corrected chi connectivity index (χ3v) is 5.50. The number of piperidine rings is 3. The second-order valence-electron chi connectivity index (χ2n) is 5.70. The van der Waals surface area contributed by atoms with E-state index in [2.05, 4.69) is 15.2 Å². The van der Waals surface area contributed by atoms with Crippen LogP contribution in [0.4, 0.5) is 0 Å². The quantitative estimate of drug-likeness (QED) is 0.923. The van der Waals surface area contributed by atoms with Gasteiger partial charge in [0, 0.05) is 12.6 Å². The molecule has 1 amide bonds. The number of thiazole rings is 1. The van der Waals surface area contributed by atoms with Crippen molar-refractivity contribution in [2.75, 3.05) is 19.6 Å².